The molecule has 5 rings (SSSR count). The molecular formula is C28H41FN2O6. The van der Waals surface area contributed by atoms with Crippen LogP contribution in [0.5, 0.6) is 5.75 Å². The maximum absolute atomic E-state index is 14.2. The number of likely N-dealkylation sites (tertiary alicyclic amines) is 2. The number of rotatable bonds is 6. The zero-order chi connectivity index (χ0) is 26.4. The van der Waals surface area contributed by atoms with Gasteiger partial charge in [0.15, 0.2) is 6.29 Å². The molecule has 1 aromatic carbocycles. The number of benzene rings is 1. The molecule has 37 heavy (non-hydrogen) atoms. The summed E-state index contributed by atoms with van der Waals surface area (Å²) in [7, 11) is 1.51. The number of hydrogen-bond acceptors (Lipinski definition) is 7. The molecule has 206 valence electrons. The van der Waals surface area contributed by atoms with Crippen LogP contribution in [0.4, 0.5) is 9.18 Å². The van der Waals surface area contributed by atoms with Gasteiger partial charge in [0, 0.05) is 24.6 Å². The van der Waals surface area contributed by atoms with Crippen molar-refractivity contribution in [3.63, 3.8) is 0 Å². The van der Waals surface area contributed by atoms with Gasteiger partial charge < -0.3 is 29.0 Å². The van der Waals surface area contributed by atoms with Gasteiger partial charge in [-0.2, -0.15) is 0 Å². The predicted molar refractivity (Wildman–Crippen MR) is 135 cm³/mol. The van der Waals surface area contributed by atoms with Gasteiger partial charge in [-0.15, -0.1) is 0 Å². The molecular weight excluding hydrogens is 479 g/mol. The number of carbonyl (C=O) groups excluding carboxylic acids is 1. The van der Waals surface area contributed by atoms with E-state index in [4.69, 9.17) is 18.9 Å². The topological polar surface area (TPSA) is 80.7 Å². The lowest BCUT2D eigenvalue weighted by Crippen LogP contribution is -2.64. The van der Waals surface area contributed by atoms with Gasteiger partial charge in [0.05, 0.1) is 25.8 Å². The van der Waals surface area contributed by atoms with Gasteiger partial charge in [0.25, 0.3) is 0 Å². The second-order valence-corrected chi connectivity index (χ2v) is 12.3. The van der Waals surface area contributed by atoms with E-state index in [1.165, 1.54) is 13.2 Å². The van der Waals surface area contributed by atoms with Gasteiger partial charge in [-0.1, -0.05) is 0 Å². The minimum atomic E-state index is -0.754. The fourth-order valence-electron chi connectivity index (χ4n) is 6.21. The van der Waals surface area contributed by atoms with E-state index in [1.54, 1.807) is 17.0 Å². The Morgan fingerprint density at radius 1 is 1.22 bits per heavy atom. The number of piperidine rings is 1. The van der Waals surface area contributed by atoms with Crippen LogP contribution >= 0.6 is 0 Å². The second kappa shape index (κ2) is 10.3. The molecule has 0 radical (unpaired) electrons. The van der Waals surface area contributed by atoms with Crippen LogP contribution in [0.2, 0.25) is 0 Å². The number of aliphatic hydroxyl groups is 1. The van der Waals surface area contributed by atoms with Crippen molar-refractivity contribution in [3.05, 3.63) is 29.6 Å². The van der Waals surface area contributed by atoms with E-state index in [1.807, 2.05) is 20.8 Å². The fourth-order valence-corrected chi connectivity index (χ4v) is 6.21. The Kier molecular flexibility index (Phi) is 7.44. The number of ether oxygens (including phenoxy) is 4. The fraction of sp³-hybridized carbons (Fsp3) is 0.750. The van der Waals surface area contributed by atoms with Gasteiger partial charge in [-0.3, -0.25) is 4.90 Å². The molecule has 3 aliphatic heterocycles. The predicted octanol–water partition coefficient (Wildman–Crippen LogP) is 3.91. The molecule has 4 fully saturated rings. The molecule has 9 heteroatoms. The van der Waals surface area contributed by atoms with Crippen LogP contribution in [0.1, 0.15) is 64.4 Å². The average molecular weight is 521 g/mol. The lowest BCUT2D eigenvalue weighted by Gasteiger charge is -2.47. The Balaban J connectivity index is 1.12. The Labute approximate surface area is 219 Å². The Morgan fingerprint density at radius 2 is 1.92 bits per heavy atom. The van der Waals surface area contributed by atoms with E-state index in [2.05, 4.69) is 4.90 Å². The zero-order valence-corrected chi connectivity index (χ0v) is 22.5. The highest BCUT2D eigenvalue weighted by molar-refractivity contribution is 5.69. The van der Waals surface area contributed by atoms with Crippen molar-refractivity contribution in [2.75, 3.05) is 39.9 Å². The van der Waals surface area contributed by atoms with Crippen LogP contribution in [0.15, 0.2) is 18.2 Å². The van der Waals surface area contributed by atoms with Crippen molar-refractivity contribution in [1.29, 1.82) is 0 Å². The Morgan fingerprint density at radius 3 is 2.57 bits per heavy atom. The first-order valence-corrected chi connectivity index (χ1v) is 13.6. The Bertz CT molecular complexity index is 964. The molecule has 1 aromatic rings. The summed E-state index contributed by atoms with van der Waals surface area (Å²) in [6.07, 6.45) is 3.25. The van der Waals surface area contributed by atoms with Crippen molar-refractivity contribution >= 4 is 6.09 Å². The van der Waals surface area contributed by atoms with Gasteiger partial charge in [0.2, 0.25) is 0 Å². The first-order chi connectivity index (χ1) is 17.5. The largest absolute Gasteiger partial charge is 0.490 e. The monoisotopic (exact) mass is 520 g/mol. The van der Waals surface area contributed by atoms with Crippen LogP contribution in [-0.2, 0) is 14.2 Å². The van der Waals surface area contributed by atoms with Crippen LogP contribution in [0.3, 0.4) is 0 Å². The number of amides is 1. The SMILES string of the molecule is COC(O)C1CC(Oc2ccc(F)cc2C2CCN([C@@H]3COC4(C3)CN(C(=O)OC(C)(C)C)C4)CC2)C1. The second-order valence-electron chi connectivity index (χ2n) is 12.3. The van der Waals surface area contributed by atoms with E-state index < -0.39 is 11.9 Å². The van der Waals surface area contributed by atoms with Gasteiger partial charge in [-0.05, 0) is 90.1 Å². The molecule has 1 aliphatic carbocycles. The first-order valence-electron chi connectivity index (χ1n) is 13.6. The summed E-state index contributed by atoms with van der Waals surface area (Å²) in [5.74, 6) is 0.850. The quantitative estimate of drug-likeness (QED) is 0.570. The maximum Gasteiger partial charge on any atom is 0.410 e. The molecule has 4 aliphatic rings. The van der Waals surface area contributed by atoms with Gasteiger partial charge >= 0.3 is 6.09 Å². The van der Waals surface area contributed by atoms with Crippen molar-refractivity contribution in [2.45, 2.75) is 88.4 Å². The van der Waals surface area contributed by atoms with E-state index in [0.29, 0.717) is 25.7 Å². The zero-order valence-electron chi connectivity index (χ0n) is 22.5. The summed E-state index contributed by atoms with van der Waals surface area (Å²) in [6, 6.07) is 5.17. The smallest absolute Gasteiger partial charge is 0.410 e. The molecule has 3 saturated heterocycles. The highest BCUT2D eigenvalue weighted by Crippen LogP contribution is 2.42. The molecule has 3 heterocycles. The van der Waals surface area contributed by atoms with Crippen molar-refractivity contribution < 1.29 is 33.2 Å². The van der Waals surface area contributed by atoms with Crippen molar-refractivity contribution in [3.8, 4) is 5.75 Å². The third kappa shape index (κ3) is 5.90. The minimum Gasteiger partial charge on any atom is -0.490 e. The third-order valence-electron chi connectivity index (χ3n) is 8.33. The van der Waals surface area contributed by atoms with Crippen LogP contribution in [0, 0.1) is 11.7 Å². The number of aliphatic hydroxyl groups excluding tert-OH is 1. The van der Waals surface area contributed by atoms with Crippen molar-refractivity contribution in [1.82, 2.24) is 9.80 Å². The molecule has 1 saturated carbocycles. The Hall–Kier alpha value is -1.94. The first kappa shape index (κ1) is 26.7. The minimum absolute atomic E-state index is 0.0219. The van der Waals surface area contributed by atoms with Gasteiger partial charge in [0.1, 0.15) is 22.8 Å². The summed E-state index contributed by atoms with van der Waals surface area (Å²) in [5.41, 5.74) is 0.197. The number of carbonyl (C=O) groups is 1. The standard InChI is InChI=1S/C28H41FN2O6/c1-27(2,3)37-26(33)31-16-28(17-31)14-21(15-35-28)30-9-7-18(8-10-30)23-13-20(29)5-6-24(23)36-22-11-19(12-22)25(32)34-4/h5-6,13,18-19,21-22,25,32H,7-12,14-17H2,1-4H3/t19?,21-,22?,25?/m0/s1. The average Bonchev–Trinajstić information content (AvgIpc) is 3.25. The van der Waals surface area contributed by atoms with Crippen LogP contribution in [-0.4, -0.2) is 90.5 Å². The van der Waals surface area contributed by atoms with Crippen LogP contribution < -0.4 is 4.74 Å². The summed E-state index contributed by atoms with van der Waals surface area (Å²) in [6.45, 7) is 9.33. The van der Waals surface area contributed by atoms with E-state index in [0.717, 1.165) is 56.5 Å². The summed E-state index contributed by atoms with van der Waals surface area (Å²) in [4.78, 5) is 16.5. The molecule has 0 aromatic heterocycles. The molecule has 1 N–H and O–H groups in total. The number of methoxy groups -OCH3 is 1. The molecule has 1 amide bonds. The van der Waals surface area contributed by atoms with Gasteiger partial charge in [-0.25, -0.2) is 9.18 Å². The molecule has 1 spiro atoms. The lowest BCUT2D eigenvalue weighted by molar-refractivity contribution is -0.151. The highest BCUT2D eigenvalue weighted by Gasteiger charge is 2.53. The number of hydrogen-bond donors (Lipinski definition) is 1. The maximum atomic E-state index is 14.2. The highest BCUT2D eigenvalue weighted by atomic mass is 19.1. The molecule has 8 nitrogen and oxygen atoms in total. The number of nitrogens with zero attached hydrogens (tertiary/aromatic N) is 2. The summed E-state index contributed by atoms with van der Waals surface area (Å²) in [5, 5.41) is 9.84. The van der Waals surface area contributed by atoms with E-state index in [-0.39, 0.29) is 35.5 Å². The lowest BCUT2D eigenvalue weighted by atomic mass is 9.81. The van der Waals surface area contributed by atoms with E-state index in [9.17, 15) is 14.3 Å². The van der Waals surface area contributed by atoms with E-state index >= 15 is 0 Å². The van der Waals surface area contributed by atoms with Crippen LogP contribution in [0.25, 0.3) is 0 Å². The third-order valence-corrected chi connectivity index (χ3v) is 8.33. The molecule has 0 bridgehead atoms. The molecule has 1 unspecified atom stereocenters. The summed E-state index contributed by atoms with van der Waals surface area (Å²) < 4.78 is 37.2. The normalized spacial score (nSPS) is 29.0. The summed E-state index contributed by atoms with van der Waals surface area (Å²) >= 11 is 0. The van der Waals surface area contributed by atoms with Crippen molar-refractivity contribution in [2.24, 2.45) is 5.92 Å². The molecule has 2 atom stereocenters. The number of halogens is 1.